The molecule has 1 amide bonds. The van der Waals surface area contributed by atoms with Gasteiger partial charge < -0.3 is 4.90 Å². The Labute approximate surface area is 144 Å². The number of amides is 1. The van der Waals surface area contributed by atoms with Crippen LogP contribution < -0.4 is 0 Å². The Bertz CT molecular complexity index is 661. The van der Waals surface area contributed by atoms with E-state index in [4.69, 9.17) is 0 Å². The summed E-state index contributed by atoms with van der Waals surface area (Å²) in [5.74, 6) is 1.50. The van der Waals surface area contributed by atoms with Crippen molar-refractivity contribution in [3.8, 4) is 6.07 Å². The van der Waals surface area contributed by atoms with E-state index in [-0.39, 0.29) is 5.91 Å². The minimum absolute atomic E-state index is 0.0366. The van der Waals surface area contributed by atoms with E-state index in [1.165, 1.54) is 38.6 Å². The summed E-state index contributed by atoms with van der Waals surface area (Å²) in [6.45, 7) is 4.03. The zero-order valence-corrected chi connectivity index (χ0v) is 14.2. The summed E-state index contributed by atoms with van der Waals surface area (Å²) < 4.78 is 0. The molecule has 4 heteroatoms. The van der Waals surface area contributed by atoms with E-state index in [9.17, 15) is 10.1 Å². The van der Waals surface area contributed by atoms with Crippen LogP contribution in [0.3, 0.4) is 0 Å². The molecule has 5 rings (SSSR count). The lowest BCUT2D eigenvalue weighted by molar-refractivity contribution is 0.0717. The van der Waals surface area contributed by atoms with Crippen LogP contribution in [0, 0.1) is 23.2 Å². The molecule has 2 bridgehead atoms. The third-order valence-corrected chi connectivity index (χ3v) is 6.11. The third kappa shape index (κ3) is 2.93. The average molecular weight is 323 g/mol. The normalized spacial score (nSPS) is 27.4. The first-order valence-corrected chi connectivity index (χ1v) is 9.27. The number of piperidine rings is 1. The van der Waals surface area contributed by atoms with Crippen LogP contribution in [-0.2, 0) is 0 Å². The molecule has 0 N–H and O–H groups in total. The van der Waals surface area contributed by atoms with Crippen LogP contribution in [0.5, 0.6) is 0 Å². The first-order valence-electron chi connectivity index (χ1n) is 9.27. The molecule has 126 valence electrons. The van der Waals surface area contributed by atoms with Crippen LogP contribution in [0.2, 0.25) is 0 Å². The number of hydrogen-bond acceptors (Lipinski definition) is 3. The number of fused-ring (bicyclic) bond motifs is 4. The molecule has 0 spiro atoms. The first kappa shape index (κ1) is 15.7. The second-order valence-electron chi connectivity index (χ2n) is 7.72. The van der Waals surface area contributed by atoms with Crippen molar-refractivity contribution in [1.29, 1.82) is 5.26 Å². The predicted molar refractivity (Wildman–Crippen MR) is 92.5 cm³/mol. The van der Waals surface area contributed by atoms with E-state index in [1.807, 2.05) is 17.0 Å². The Morgan fingerprint density at radius 3 is 2.71 bits per heavy atom. The van der Waals surface area contributed by atoms with Crippen LogP contribution in [0.1, 0.15) is 48.0 Å². The second kappa shape index (κ2) is 6.57. The van der Waals surface area contributed by atoms with Gasteiger partial charge in [-0.2, -0.15) is 5.26 Å². The maximum absolute atomic E-state index is 13.0. The largest absolute Gasteiger partial charge is 0.337 e. The van der Waals surface area contributed by atoms with E-state index in [0.717, 1.165) is 25.6 Å². The second-order valence-corrected chi connectivity index (χ2v) is 7.72. The Kier molecular flexibility index (Phi) is 4.28. The molecule has 0 radical (unpaired) electrons. The van der Waals surface area contributed by atoms with Crippen LogP contribution in [-0.4, -0.2) is 47.9 Å². The average Bonchev–Trinajstić information content (AvgIpc) is 2.89. The van der Waals surface area contributed by atoms with Crippen LogP contribution >= 0.6 is 0 Å². The number of carbonyl (C=O) groups excluding carboxylic acids is 1. The number of rotatable bonds is 3. The van der Waals surface area contributed by atoms with E-state index < -0.39 is 0 Å². The standard InChI is InChI=1S/C20H25N3O/c21-10-17-6-1-2-7-19(17)20(24)23-13-16-8-9-18(14-23)22(12-16)11-15-4-3-5-15/h1-2,6-7,15-16,18H,3-5,8-9,11-14H2/t16-,18-/m1/s1. The lowest BCUT2D eigenvalue weighted by atomic mass is 9.83. The predicted octanol–water partition coefficient (Wildman–Crippen LogP) is 2.89. The SMILES string of the molecule is N#Cc1ccccc1C(=O)N1C[C@@H]2CC[C@H](C1)N(CC1CCC1)C2. The summed E-state index contributed by atoms with van der Waals surface area (Å²) in [4.78, 5) is 17.7. The van der Waals surface area contributed by atoms with Crippen molar-refractivity contribution in [1.82, 2.24) is 9.80 Å². The topological polar surface area (TPSA) is 47.3 Å². The Morgan fingerprint density at radius 2 is 1.96 bits per heavy atom. The molecule has 0 aromatic heterocycles. The summed E-state index contributed by atoms with van der Waals surface area (Å²) in [7, 11) is 0. The number of carbonyl (C=O) groups is 1. The lowest BCUT2D eigenvalue weighted by Gasteiger charge is -2.40. The highest BCUT2D eigenvalue weighted by atomic mass is 16.2. The van der Waals surface area contributed by atoms with E-state index >= 15 is 0 Å². The third-order valence-electron chi connectivity index (χ3n) is 6.11. The first-order chi connectivity index (χ1) is 11.7. The van der Waals surface area contributed by atoms with Crippen LogP contribution in [0.25, 0.3) is 0 Å². The van der Waals surface area contributed by atoms with Gasteiger partial charge in [0.05, 0.1) is 17.2 Å². The molecule has 4 nitrogen and oxygen atoms in total. The van der Waals surface area contributed by atoms with Gasteiger partial charge in [0.15, 0.2) is 0 Å². The fourth-order valence-corrected chi connectivity index (χ4v) is 4.51. The van der Waals surface area contributed by atoms with Crippen molar-refractivity contribution in [3.63, 3.8) is 0 Å². The van der Waals surface area contributed by atoms with Gasteiger partial charge in [-0.25, -0.2) is 0 Å². The molecule has 4 aliphatic rings. The molecule has 1 aromatic rings. The highest BCUT2D eigenvalue weighted by Crippen LogP contribution is 2.33. The fraction of sp³-hybridized carbons (Fsp3) is 0.600. The highest BCUT2D eigenvalue weighted by molar-refractivity contribution is 5.96. The van der Waals surface area contributed by atoms with Crippen LogP contribution in [0.4, 0.5) is 0 Å². The van der Waals surface area contributed by atoms with E-state index in [0.29, 0.717) is 23.1 Å². The molecule has 1 saturated carbocycles. The molecule has 24 heavy (non-hydrogen) atoms. The summed E-state index contributed by atoms with van der Waals surface area (Å²) in [5.41, 5.74) is 1.05. The molecule has 1 aromatic carbocycles. The van der Waals surface area contributed by atoms with Crippen LogP contribution in [0.15, 0.2) is 24.3 Å². The van der Waals surface area contributed by atoms with Crippen molar-refractivity contribution in [2.45, 2.75) is 38.1 Å². The number of nitrogens with zero attached hydrogens (tertiary/aromatic N) is 3. The van der Waals surface area contributed by atoms with Gasteiger partial charge >= 0.3 is 0 Å². The van der Waals surface area contributed by atoms with Gasteiger partial charge in [0.2, 0.25) is 0 Å². The Hall–Kier alpha value is -1.86. The summed E-state index contributed by atoms with van der Waals surface area (Å²) in [5, 5.41) is 9.28. The highest BCUT2D eigenvalue weighted by Gasteiger charge is 2.38. The molecule has 3 saturated heterocycles. The van der Waals surface area contributed by atoms with Gasteiger partial charge in [-0.3, -0.25) is 9.69 Å². The van der Waals surface area contributed by atoms with Crippen molar-refractivity contribution in [3.05, 3.63) is 35.4 Å². The number of benzene rings is 1. The van der Waals surface area contributed by atoms with E-state index in [1.54, 1.807) is 12.1 Å². The van der Waals surface area contributed by atoms with Gasteiger partial charge in [-0.15, -0.1) is 0 Å². The monoisotopic (exact) mass is 323 g/mol. The summed E-state index contributed by atoms with van der Waals surface area (Å²) >= 11 is 0. The quantitative estimate of drug-likeness (QED) is 0.859. The molecular formula is C20H25N3O. The van der Waals surface area contributed by atoms with Gasteiger partial charge in [0.25, 0.3) is 5.91 Å². The number of hydrogen-bond donors (Lipinski definition) is 0. The van der Waals surface area contributed by atoms with Crippen molar-refractivity contribution in [2.75, 3.05) is 26.2 Å². The minimum atomic E-state index is 0.0366. The minimum Gasteiger partial charge on any atom is -0.337 e. The zero-order chi connectivity index (χ0) is 16.5. The lowest BCUT2D eigenvalue weighted by Crippen LogP contribution is -2.47. The molecule has 0 unspecified atom stereocenters. The van der Waals surface area contributed by atoms with Gasteiger partial charge in [0, 0.05) is 32.2 Å². The molecule has 2 atom stereocenters. The maximum Gasteiger partial charge on any atom is 0.255 e. The smallest absolute Gasteiger partial charge is 0.255 e. The zero-order valence-electron chi connectivity index (χ0n) is 14.2. The van der Waals surface area contributed by atoms with Gasteiger partial charge in [-0.1, -0.05) is 18.6 Å². The molecular weight excluding hydrogens is 298 g/mol. The molecule has 1 aliphatic carbocycles. The summed E-state index contributed by atoms with van der Waals surface area (Å²) in [6, 6.07) is 9.87. The van der Waals surface area contributed by atoms with E-state index in [2.05, 4.69) is 11.0 Å². The van der Waals surface area contributed by atoms with Crippen molar-refractivity contribution in [2.24, 2.45) is 11.8 Å². The maximum atomic E-state index is 13.0. The molecule has 4 fully saturated rings. The Balaban J connectivity index is 1.51. The van der Waals surface area contributed by atoms with Crippen molar-refractivity contribution < 1.29 is 4.79 Å². The molecule has 3 heterocycles. The fourth-order valence-electron chi connectivity index (χ4n) is 4.51. The molecule has 3 aliphatic heterocycles. The Morgan fingerprint density at radius 1 is 1.12 bits per heavy atom. The van der Waals surface area contributed by atoms with Gasteiger partial charge in [-0.05, 0) is 49.7 Å². The summed E-state index contributed by atoms with van der Waals surface area (Å²) in [6.07, 6.45) is 6.59. The van der Waals surface area contributed by atoms with Gasteiger partial charge in [0.1, 0.15) is 0 Å². The van der Waals surface area contributed by atoms with Crippen molar-refractivity contribution >= 4 is 5.91 Å². The number of nitriles is 1.